The highest BCUT2D eigenvalue weighted by Crippen LogP contribution is 2.40. The van der Waals surface area contributed by atoms with Crippen LogP contribution >= 0.6 is 0 Å². The molecule has 18 heavy (non-hydrogen) atoms. The van der Waals surface area contributed by atoms with Crippen molar-refractivity contribution in [1.82, 2.24) is 9.78 Å². The van der Waals surface area contributed by atoms with E-state index in [1.165, 1.54) is 18.9 Å². The molecule has 0 spiro atoms. The van der Waals surface area contributed by atoms with Crippen molar-refractivity contribution >= 4 is 5.69 Å². The Kier molecular flexibility index (Phi) is 2.58. The molecular formula is C14H16FN3. The van der Waals surface area contributed by atoms with Crippen LogP contribution in [0.2, 0.25) is 0 Å². The quantitative estimate of drug-likeness (QED) is 0.902. The number of aromatic nitrogens is 2. The van der Waals surface area contributed by atoms with Crippen molar-refractivity contribution in [2.24, 2.45) is 5.92 Å². The summed E-state index contributed by atoms with van der Waals surface area (Å²) in [7, 11) is 0. The molecule has 2 N–H and O–H groups in total. The Morgan fingerprint density at radius 3 is 2.78 bits per heavy atom. The molecule has 1 aromatic carbocycles. The highest BCUT2D eigenvalue weighted by molar-refractivity contribution is 5.72. The number of rotatable bonds is 3. The Morgan fingerprint density at radius 1 is 1.39 bits per heavy atom. The third-order valence-corrected chi connectivity index (χ3v) is 3.61. The van der Waals surface area contributed by atoms with E-state index < -0.39 is 0 Å². The second-order valence-electron chi connectivity index (χ2n) is 4.97. The van der Waals surface area contributed by atoms with E-state index in [1.807, 2.05) is 10.9 Å². The molecule has 0 radical (unpaired) electrons. The molecule has 0 saturated heterocycles. The van der Waals surface area contributed by atoms with Crippen LogP contribution in [-0.4, -0.2) is 9.78 Å². The molecule has 3 nitrogen and oxygen atoms in total. The maximum atomic E-state index is 13.7. The van der Waals surface area contributed by atoms with Crippen molar-refractivity contribution < 1.29 is 4.39 Å². The molecular weight excluding hydrogens is 229 g/mol. The number of hydrogen-bond donors (Lipinski definition) is 1. The van der Waals surface area contributed by atoms with Gasteiger partial charge < -0.3 is 5.73 Å². The van der Waals surface area contributed by atoms with E-state index in [-0.39, 0.29) is 5.82 Å². The number of nitrogens with zero attached hydrogens (tertiary/aromatic N) is 2. The minimum atomic E-state index is -0.284. The van der Waals surface area contributed by atoms with Crippen molar-refractivity contribution in [2.45, 2.75) is 25.8 Å². The van der Waals surface area contributed by atoms with Gasteiger partial charge in [0.25, 0.3) is 0 Å². The summed E-state index contributed by atoms with van der Waals surface area (Å²) in [5.74, 6) is 0.409. The number of benzene rings is 1. The first-order valence-electron chi connectivity index (χ1n) is 6.26. The number of hydrogen-bond acceptors (Lipinski definition) is 2. The summed E-state index contributed by atoms with van der Waals surface area (Å²) in [6, 6.07) is 6.94. The highest BCUT2D eigenvalue weighted by atomic mass is 19.1. The van der Waals surface area contributed by atoms with Crippen molar-refractivity contribution in [1.29, 1.82) is 0 Å². The van der Waals surface area contributed by atoms with Gasteiger partial charge in [-0.3, -0.25) is 4.68 Å². The number of halogens is 1. The predicted octanol–water partition coefficient (Wildman–Crippen LogP) is 3.24. The SMILES string of the molecule is CC(C1CC1)n1cc(N)c(-c2ccccc2F)n1. The summed E-state index contributed by atoms with van der Waals surface area (Å²) < 4.78 is 15.6. The first-order chi connectivity index (χ1) is 8.66. The molecule has 0 amide bonds. The molecule has 0 bridgehead atoms. The molecule has 1 heterocycles. The maximum absolute atomic E-state index is 13.7. The molecule has 1 saturated carbocycles. The number of nitrogens with two attached hydrogens (primary N) is 1. The third-order valence-electron chi connectivity index (χ3n) is 3.61. The van der Waals surface area contributed by atoms with Crippen LogP contribution in [0.15, 0.2) is 30.5 Å². The van der Waals surface area contributed by atoms with Crippen molar-refractivity contribution in [3.63, 3.8) is 0 Å². The summed E-state index contributed by atoms with van der Waals surface area (Å²) in [5, 5.41) is 4.45. The lowest BCUT2D eigenvalue weighted by Gasteiger charge is -2.09. The zero-order valence-electron chi connectivity index (χ0n) is 10.3. The second-order valence-corrected chi connectivity index (χ2v) is 4.97. The van der Waals surface area contributed by atoms with Gasteiger partial charge in [0.15, 0.2) is 0 Å². The predicted molar refractivity (Wildman–Crippen MR) is 69.5 cm³/mol. The van der Waals surface area contributed by atoms with E-state index >= 15 is 0 Å². The highest BCUT2D eigenvalue weighted by Gasteiger charge is 2.30. The Hall–Kier alpha value is -1.84. The van der Waals surface area contributed by atoms with Gasteiger partial charge in [0.2, 0.25) is 0 Å². The fourth-order valence-corrected chi connectivity index (χ4v) is 2.27. The van der Waals surface area contributed by atoms with Crippen LogP contribution in [-0.2, 0) is 0 Å². The normalized spacial score (nSPS) is 16.8. The molecule has 2 aromatic rings. The number of nitrogen functional groups attached to an aromatic ring is 1. The maximum Gasteiger partial charge on any atom is 0.132 e. The molecule has 4 heteroatoms. The summed E-state index contributed by atoms with van der Waals surface area (Å²) in [4.78, 5) is 0. The Labute approximate surface area is 105 Å². The van der Waals surface area contributed by atoms with E-state index in [0.717, 1.165) is 0 Å². The molecule has 3 rings (SSSR count). The van der Waals surface area contributed by atoms with Gasteiger partial charge in [-0.25, -0.2) is 4.39 Å². The smallest absolute Gasteiger partial charge is 0.132 e. The number of anilines is 1. The minimum absolute atomic E-state index is 0.284. The lowest BCUT2D eigenvalue weighted by atomic mass is 10.1. The Morgan fingerprint density at radius 2 is 2.11 bits per heavy atom. The van der Waals surface area contributed by atoms with Crippen LogP contribution in [0.1, 0.15) is 25.8 Å². The summed E-state index contributed by atoms with van der Waals surface area (Å²) >= 11 is 0. The lowest BCUT2D eigenvalue weighted by Crippen LogP contribution is -2.07. The Bertz CT molecular complexity index is 572. The summed E-state index contributed by atoms with van der Waals surface area (Å²) in [6.45, 7) is 2.13. The van der Waals surface area contributed by atoms with E-state index in [9.17, 15) is 4.39 Å². The fraction of sp³-hybridized carbons (Fsp3) is 0.357. The van der Waals surface area contributed by atoms with Crippen molar-refractivity contribution in [2.75, 3.05) is 5.73 Å². The molecule has 94 valence electrons. The Balaban J connectivity index is 2.00. The second kappa shape index (κ2) is 4.12. The van der Waals surface area contributed by atoms with Crippen LogP contribution in [0.25, 0.3) is 11.3 Å². The molecule has 1 aliphatic rings. The van der Waals surface area contributed by atoms with E-state index in [4.69, 9.17) is 5.73 Å². The van der Waals surface area contributed by atoms with Gasteiger partial charge in [-0.15, -0.1) is 0 Å². The van der Waals surface area contributed by atoms with Crippen LogP contribution in [0.3, 0.4) is 0 Å². The van der Waals surface area contributed by atoms with E-state index in [2.05, 4.69) is 12.0 Å². The molecule has 1 unspecified atom stereocenters. The van der Waals surface area contributed by atoms with Gasteiger partial charge in [0.05, 0.1) is 11.7 Å². The monoisotopic (exact) mass is 245 g/mol. The van der Waals surface area contributed by atoms with Crippen LogP contribution < -0.4 is 5.73 Å². The molecule has 1 fully saturated rings. The topological polar surface area (TPSA) is 43.8 Å². The lowest BCUT2D eigenvalue weighted by molar-refractivity contribution is 0.441. The van der Waals surface area contributed by atoms with Gasteiger partial charge >= 0.3 is 0 Å². The van der Waals surface area contributed by atoms with Crippen LogP contribution in [0.5, 0.6) is 0 Å². The standard InChI is InChI=1S/C14H16FN3/c1-9(10-6-7-10)18-8-13(16)14(17-18)11-4-2-3-5-12(11)15/h2-5,8-10H,6-7,16H2,1H3. The largest absolute Gasteiger partial charge is 0.396 e. The zero-order valence-corrected chi connectivity index (χ0v) is 10.3. The average molecular weight is 245 g/mol. The van der Waals surface area contributed by atoms with Gasteiger partial charge in [-0.05, 0) is 37.8 Å². The van der Waals surface area contributed by atoms with Gasteiger partial charge in [-0.1, -0.05) is 12.1 Å². The summed E-state index contributed by atoms with van der Waals surface area (Å²) in [5.41, 5.74) is 7.50. The fourth-order valence-electron chi connectivity index (χ4n) is 2.27. The van der Waals surface area contributed by atoms with E-state index in [0.29, 0.717) is 28.9 Å². The van der Waals surface area contributed by atoms with Crippen LogP contribution in [0.4, 0.5) is 10.1 Å². The van der Waals surface area contributed by atoms with Gasteiger partial charge in [0.1, 0.15) is 11.5 Å². The average Bonchev–Trinajstić information content (AvgIpc) is 3.13. The summed E-state index contributed by atoms with van der Waals surface area (Å²) in [6.07, 6.45) is 4.30. The first kappa shape index (κ1) is 11.3. The first-order valence-corrected chi connectivity index (χ1v) is 6.26. The molecule has 1 aliphatic carbocycles. The van der Waals surface area contributed by atoms with Crippen molar-refractivity contribution in [3.8, 4) is 11.3 Å². The third kappa shape index (κ3) is 1.88. The van der Waals surface area contributed by atoms with Crippen LogP contribution in [0, 0.1) is 11.7 Å². The molecule has 1 aromatic heterocycles. The molecule has 0 aliphatic heterocycles. The van der Waals surface area contributed by atoms with Gasteiger partial charge in [-0.2, -0.15) is 5.10 Å². The molecule has 1 atom stereocenters. The zero-order chi connectivity index (χ0) is 12.7. The van der Waals surface area contributed by atoms with Gasteiger partial charge in [0, 0.05) is 11.8 Å². The van der Waals surface area contributed by atoms with Crippen molar-refractivity contribution in [3.05, 3.63) is 36.3 Å². The van der Waals surface area contributed by atoms with E-state index in [1.54, 1.807) is 18.2 Å². The minimum Gasteiger partial charge on any atom is -0.396 e.